The van der Waals surface area contributed by atoms with Crippen LogP contribution in [0.4, 0.5) is 0 Å². The molecule has 0 amide bonds. The fourth-order valence-electron chi connectivity index (χ4n) is 5.81. The third-order valence-corrected chi connectivity index (χ3v) is 8.97. The summed E-state index contributed by atoms with van der Waals surface area (Å²) in [5.74, 6) is 0. The van der Waals surface area contributed by atoms with Crippen molar-refractivity contribution in [3.05, 3.63) is 121 Å². The molecule has 3 aromatic heterocycles. The van der Waals surface area contributed by atoms with Crippen LogP contribution in [0.5, 0.6) is 0 Å². The van der Waals surface area contributed by atoms with Crippen molar-refractivity contribution in [2.45, 2.75) is 6.92 Å². The number of fused-ring (bicyclic) bond motifs is 9. The smallest absolute Gasteiger partial charge is 0.145 e. The van der Waals surface area contributed by atoms with E-state index in [9.17, 15) is 0 Å². The van der Waals surface area contributed by atoms with Gasteiger partial charge in [-0.05, 0) is 58.3 Å². The lowest BCUT2D eigenvalue weighted by Gasteiger charge is -2.11. The highest BCUT2D eigenvalue weighted by Gasteiger charge is 2.13. The number of hydrogen-bond acceptors (Lipinski definition) is 2. The summed E-state index contributed by atoms with van der Waals surface area (Å²) in [7, 11) is 0. The fourth-order valence-corrected chi connectivity index (χ4v) is 7.11. The van der Waals surface area contributed by atoms with Crippen molar-refractivity contribution in [1.29, 1.82) is 0 Å². The second kappa shape index (κ2) is 7.76. The molecule has 0 aliphatic rings. The maximum atomic E-state index is 4.63. The topological polar surface area (TPSA) is 17.3 Å². The van der Waals surface area contributed by atoms with Crippen LogP contribution >= 0.6 is 11.3 Å². The molecule has 0 aliphatic carbocycles. The second-order valence-corrected chi connectivity index (χ2v) is 10.7. The van der Waals surface area contributed by atoms with E-state index in [2.05, 4.69) is 126 Å². The summed E-state index contributed by atoms with van der Waals surface area (Å²) in [6.45, 7) is 2.21. The Labute approximate surface area is 218 Å². The van der Waals surface area contributed by atoms with E-state index >= 15 is 0 Å². The molecule has 0 spiro atoms. The number of benzene rings is 5. The van der Waals surface area contributed by atoms with Crippen LogP contribution in [0.25, 0.3) is 69.7 Å². The minimum atomic E-state index is 1.00. The SMILES string of the molecule is Cc1cccc2c1sc1c(-c3cccc(-c4ccc5c(c4)c4ccccc4c4nccn54)c3)cccc12. The fraction of sp³-hybridized carbons (Fsp3) is 0.0294. The van der Waals surface area contributed by atoms with Crippen molar-refractivity contribution < 1.29 is 0 Å². The summed E-state index contributed by atoms with van der Waals surface area (Å²) in [5, 5.41) is 6.35. The highest BCUT2D eigenvalue weighted by Crippen LogP contribution is 2.42. The lowest BCUT2D eigenvalue weighted by atomic mass is 9.96. The van der Waals surface area contributed by atoms with Crippen LogP contribution in [-0.2, 0) is 0 Å². The quantitative estimate of drug-likeness (QED) is 0.220. The normalized spacial score (nSPS) is 11.9. The molecule has 8 rings (SSSR count). The van der Waals surface area contributed by atoms with E-state index in [1.807, 2.05) is 17.5 Å². The summed E-state index contributed by atoms with van der Waals surface area (Å²) in [5.41, 5.74) is 8.52. The van der Waals surface area contributed by atoms with E-state index in [1.54, 1.807) is 0 Å². The lowest BCUT2D eigenvalue weighted by Crippen LogP contribution is -1.91. The van der Waals surface area contributed by atoms with Crippen molar-refractivity contribution in [3.8, 4) is 22.3 Å². The largest absolute Gasteiger partial charge is 0.299 e. The average Bonchev–Trinajstić information content (AvgIpc) is 3.59. The molecule has 5 aromatic carbocycles. The van der Waals surface area contributed by atoms with Crippen molar-refractivity contribution in [3.63, 3.8) is 0 Å². The minimum absolute atomic E-state index is 1.00. The standard InChI is InChI=1S/C34H22N2S/c1-21-7-4-13-27-28-14-6-12-25(33(28)37-32(21)27)24-9-5-8-22(19-24)23-15-16-31-30(20-23)26-10-2-3-11-29(26)34-35-17-18-36(31)34/h2-20H,1H3. The second-order valence-electron chi connectivity index (χ2n) is 9.72. The Balaban J connectivity index is 1.34. The Kier molecular flexibility index (Phi) is 4.34. The molecule has 2 nitrogen and oxygen atoms in total. The van der Waals surface area contributed by atoms with Gasteiger partial charge in [0.2, 0.25) is 0 Å². The third kappa shape index (κ3) is 3.01. The van der Waals surface area contributed by atoms with Gasteiger partial charge < -0.3 is 0 Å². The molecule has 0 saturated heterocycles. The number of aryl methyl sites for hydroxylation is 1. The van der Waals surface area contributed by atoms with Gasteiger partial charge in [0.25, 0.3) is 0 Å². The molecule has 8 aromatic rings. The zero-order chi connectivity index (χ0) is 24.5. The van der Waals surface area contributed by atoms with Gasteiger partial charge in [0.15, 0.2) is 0 Å². The first-order valence-electron chi connectivity index (χ1n) is 12.6. The Morgan fingerprint density at radius 2 is 1.32 bits per heavy atom. The number of hydrogen-bond donors (Lipinski definition) is 0. The number of thiophene rings is 1. The minimum Gasteiger partial charge on any atom is -0.299 e. The monoisotopic (exact) mass is 490 g/mol. The van der Waals surface area contributed by atoms with Crippen LogP contribution in [-0.4, -0.2) is 9.38 Å². The molecule has 0 saturated carbocycles. The Hall–Kier alpha value is -4.47. The Morgan fingerprint density at radius 1 is 0.595 bits per heavy atom. The van der Waals surface area contributed by atoms with Crippen molar-refractivity contribution in [2.75, 3.05) is 0 Å². The van der Waals surface area contributed by atoms with Gasteiger partial charge in [-0.2, -0.15) is 0 Å². The van der Waals surface area contributed by atoms with Crippen molar-refractivity contribution in [2.24, 2.45) is 0 Å². The van der Waals surface area contributed by atoms with E-state index in [1.165, 1.54) is 69.7 Å². The predicted molar refractivity (Wildman–Crippen MR) is 159 cm³/mol. The molecule has 174 valence electrons. The van der Waals surface area contributed by atoms with E-state index in [4.69, 9.17) is 0 Å². The van der Waals surface area contributed by atoms with Crippen LogP contribution in [0, 0.1) is 6.92 Å². The van der Waals surface area contributed by atoms with Gasteiger partial charge >= 0.3 is 0 Å². The third-order valence-electron chi connectivity index (χ3n) is 7.58. The van der Waals surface area contributed by atoms with Crippen molar-refractivity contribution >= 4 is 58.8 Å². The zero-order valence-corrected chi connectivity index (χ0v) is 21.1. The van der Waals surface area contributed by atoms with Gasteiger partial charge in [-0.25, -0.2) is 4.98 Å². The molecule has 0 bridgehead atoms. The van der Waals surface area contributed by atoms with Crippen LogP contribution in [0.1, 0.15) is 5.56 Å². The Bertz CT molecular complexity index is 2160. The van der Waals surface area contributed by atoms with E-state index in [-0.39, 0.29) is 0 Å². The first-order chi connectivity index (χ1) is 18.3. The molecule has 0 fully saturated rings. The van der Waals surface area contributed by atoms with Crippen LogP contribution in [0.15, 0.2) is 116 Å². The lowest BCUT2D eigenvalue weighted by molar-refractivity contribution is 1.27. The predicted octanol–water partition coefficient (Wildman–Crippen LogP) is 9.65. The summed E-state index contributed by atoms with van der Waals surface area (Å²) < 4.78 is 4.94. The van der Waals surface area contributed by atoms with Gasteiger partial charge in [0.05, 0.1) is 5.52 Å². The van der Waals surface area contributed by atoms with E-state index in [0.717, 1.165) is 5.65 Å². The van der Waals surface area contributed by atoms with Crippen LogP contribution < -0.4 is 0 Å². The number of nitrogens with zero attached hydrogens (tertiary/aromatic N) is 2. The maximum Gasteiger partial charge on any atom is 0.145 e. The van der Waals surface area contributed by atoms with Gasteiger partial charge in [0, 0.05) is 43.3 Å². The van der Waals surface area contributed by atoms with E-state index < -0.39 is 0 Å². The van der Waals surface area contributed by atoms with Crippen LogP contribution in [0.3, 0.4) is 0 Å². The maximum absolute atomic E-state index is 4.63. The number of pyridine rings is 1. The molecule has 3 heteroatoms. The first kappa shape index (κ1) is 20.7. The molecule has 37 heavy (non-hydrogen) atoms. The highest BCUT2D eigenvalue weighted by molar-refractivity contribution is 7.26. The van der Waals surface area contributed by atoms with Crippen LogP contribution in [0.2, 0.25) is 0 Å². The molecule has 3 heterocycles. The number of aromatic nitrogens is 2. The molecule has 0 radical (unpaired) electrons. The Morgan fingerprint density at radius 3 is 2.24 bits per heavy atom. The van der Waals surface area contributed by atoms with Gasteiger partial charge in [-0.15, -0.1) is 11.3 Å². The molecular weight excluding hydrogens is 468 g/mol. The number of rotatable bonds is 2. The average molecular weight is 491 g/mol. The summed E-state index contributed by atoms with van der Waals surface area (Å²) >= 11 is 1.91. The molecule has 0 atom stereocenters. The zero-order valence-electron chi connectivity index (χ0n) is 20.3. The first-order valence-corrected chi connectivity index (χ1v) is 13.4. The molecule has 0 N–H and O–H groups in total. The molecule has 0 unspecified atom stereocenters. The van der Waals surface area contributed by atoms with Gasteiger partial charge in [-0.1, -0.05) is 84.9 Å². The molecular formula is C34H22N2S. The summed E-state index contributed by atoms with van der Waals surface area (Å²) in [6.07, 6.45) is 3.94. The van der Waals surface area contributed by atoms with Gasteiger partial charge in [0.1, 0.15) is 5.65 Å². The highest BCUT2D eigenvalue weighted by atomic mass is 32.1. The summed E-state index contributed by atoms with van der Waals surface area (Å²) in [6, 6.07) is 37.7. The number of imidazole rings is 1. The van der Waals surface area contributed by atoms with Gasteiger partial charge in [-0.3, -0.25) is 4.40 Å². The summed E-state index contributed by atoms with van der Waals surface area (Å²) in [4.78, 5) is 4.63. The molecule has 0 aliphatic heterocycles. The van der Waals surface area contributed by atoms with Crippen molar-refractivity contribution in [1.82, 2.24) is 9.38 Å². The van der Waals surface area contributed by atoms with E-state index in [0.29, 0.717) is 0 Å².